The SMILES string of the molecule is COCc1nc2n(n1)CCCC2Nc1cc(C(F)(F)F)nc(-c2cccnc2)n1. The third kappa shape index (κ3) is 4.19. The molecule has 0 radical (unpaired) electrons. The molecule has 11 heteroatoms. The number of nitrogens with one attached hydrogen (secondary N) is 1. The lowest BCUT2D eigenvalue weighted by Gasteiger charge is -2.24. The molecule has 0 fully saturated rings. The van der Waals surface area contributed by atoms with E-state index in [9.17, 15) is 13.2 Å². The highest BCUT2D eigenvalue weighted by atomic mass is 19.4. The summed E-state index contributed by atoms with van der Waals surface area (Å²) in [5.41, 5.74) is -0.623. The van der Waals surface area contributed by atoms with E-state index in [4.69, 9.17) is 4.74 Å². The van der Waals surface area contributed by atoms with Crippen LogP contribution in [0.15, 0.2) is 30.6 Å². The van der Waals surface area contributed by atoms with Gasteiger partial charge >= 0.3 is 6.18 Å². The van der Waals surface area contributed by atoms with Crippen molar-refractivity contribution in [1.29, 1.82) is 0 Å². The van der Waals surface area contributed by atoms with Crippen molar-refractivity contribution in [3.63, 3.8) is 0 Å². The standard InChI is InChI=1S/C18H18F3N7O/c1-29-10-15-26-17-12(5-3-7-28(17)27-15)23-14-8-13(18(19,20)21)24-16(25-14)11-4-2-6-22-9-11/h2,4,6,8-9,12H,3,5,7,10H2,1H3,(H,23,24,25). The van der Waals surface area contributed by atoms with Crippen LogP contribution in [0.5, 0.6) is 0 Å². The average molecular weight is 405 g/mol. The quantitative estimate of drug-likeness (QED) is 0.697. The average Bonchev–Trinajstić information content (AvgIpc) is 3.12. The molecule has 3 aromatic heterocycles. The Balaban J connectivity index is 1.69. The van der Waals surface area contributed by atoms with Crippen LogP contribution in [0.2, 0.25) is 0 Å². The number of ether oxygens (including phenoxy) is 1. The molecular formula is C18H18F3N7O. The van der Waals surface area contributed by atoms with Crippen LogP contribution in [0.1, 0.15) is 36.2 Å². The summed E-state index contributed by atoms with van der Waals surface area (Å²) in [6, 6.07) is 3.82. The summed E-state index contributed by atoms with van der Waals surface area (Å²) in [4.78, 5) is 16.3. The van der Waals surface area contributed by atoms with E-state index >= 15 is 0 Å². The zero-order chi connectivity index (χ0) is 20.4. The van der Waals surface area contributed by atoms with Gasteiger partial charge in [0.15, 0.2) is 17.3 Å². The normalized spacial score (nSPS) is 16.5. The van der Waals surface area contributed by atoms with Crippen LogP contribution < -0.4 is 5.32 Å². The fraction of sp³-hybridized carbons (Fsp3) is 0.389. The van der Waals surface area contributed by atoms with Crippen molar-refractivity contribution < 1.29 is 17.9 Å². The second-order valence-corrected chi connectivity index (χ2v) is 6.58. The van der Waals surface area contributed by atoms with Gasteiger partial charge < -0.3 is 10.1 Å². The number of halogens is 3. The lowest BCUT2D eigenvalue weighted by molar-refractivity contribution is -0.141. The molecule has 0 spiro atoms. The largest absolute Gasteiger partial charge is 0.433 e. The fourth-order valence-electron chi connectivity index (χ4n) is 3.20. The number of anilines is 1. The van der Waals surface area contributed by atoms with Crippen LogP contribution in [-0.4, -0.2) is 36.8 Å². The van der Waals surface area contributed by atoms with Crippen LogP contribution in [0, 0.1) is 0 Å². The van der Waals surface area contributed by atoms with E-state index in [2.05, 4.69) is 30.4 Å². The maximum Gasteiger partial charge on any atom is 0.433 e. The minimum Gasteiger partial charge on any atom is -0.377 e. The zero-order valence-electron chi connectivity index (χ0n) is 15.5. The monoisotopic (exact) mass is 405 g/mol. The molecule has 152 valence electrons. The second kappa shape index (κ2) is 7.74. The minimum atomic E-state index is -4.60. The summed E-state index contributed by atoms with van der Waals surface area (Å²) in [5.74, 6) is 1.21. The fourth-order valence-corrected chi connectivity index (χ4v) is 3.20. The van der Waals surface area contributed by atoms with E-state index in [1.807, 2.05) is 0 Å². The molecule has 1 N–H and O–H groups in total. The van der Waals surface area contributed by atoms with Gasteiger partial charge in [-0.25, -0.2) is 19.6 Å². The third-order valence-electron chi connectivity index (χ3n) is 4.45. The minimum absolute atomic E-state index is 0.0484. The van der Waals surface area contributed by atoms with Crippen LogP contribution in [0.3, 0.4) is 0 Å². The van der Waals surface area contributed by atoms with Crippen molar-refractivity contribution in [3.05, 3.63) is 47.9 Å². The number of hydrogen-bond acceptors (Lipinski definition) is 7. The van der Waals surface area contributed by atoms with E-state index in [1.54, 1.807) is 23.9 Å². The Morgan fingerprint density at radius 2 is 2.14 bits per heavy atom. The number of methoxy groups -OCH3 is 1. The maximum atomic E-state index is 13.4. The first-order valence-corrected chi connectivity index (χ1v) is 9.00. The second-order valence-electron chi connectivity index (χ2n) is 6.58. The van der Waals surface area contributed by atoms with Gasteiger partial charge in [-0.1, -0.05) is 0 Å². The van der Waals surface area contributed by atoms with Gasteiger partial charge in [0, 0.05) is 37.7 Å². The Morgan fingerprint density at radius 3 is 2.86 bits per heavy atom. The molecule has 1 aliphatic rings. The van der Waals surface area contributed by atoms with Gasteiger partial charge in [-0.05, 0) is 25.0 Å². The van der Waals surface area contributed by atoms with Crippen molar-refractivity contribution in [2.45, 2.75) is 38.2 Å². The lowest BCUT2D eigenvalue weighted by Crippen LogP contribution is -2.23. The molecule has 4 heterocycles. The van der Waals surface area contributed by atoms with Crippen LogP contribution in [-0.2, 0) is 24.1 Å². The first-order valence-electron chi connectivity index (χ1n) is 9.00. The van der Waals surface area contributed by atoms with Crippen molar-refractivity contribution >= 4 is 5.82 Å². The molecule has 1 aliphatic heterocycles. The van der Waals surface area contributed by atoms with Crippen LogP contribution >= 0.6 is 0 Å². The summed E-state index contributed by atoms with van der Waals surface area (Å²) in [5, 5.41) is 7.45. The first kappa shape index (κ1) is 19.2. The topological polar surface area (TPSA) is 90.6 Å². The zero-order valence-corrected chi connectivity index (χ0v) is 15.5. The van der Waals surface area contributed by atoms with E-state index in [1.165, 1.54) is 12.4 Å². The highest BCUT2D eigenvalue weighted by molar-refractivity contribution is 5.56. The lowest BCUT2D eigenvalue weighted by atomic mass is 10.1. The smallest absolute Gasteiger partial charge is 0.377 e. The van der Waals surface area contributed by atoms with Gasteiger partial charge in [0.2, 0.25) is 0 Å². The van der Waals surface area contributed by atoms with E-state index < -0.39 is 11.9 Å². The van der Waals surface area contributed by atoms with Crippen LogP contribution in [0.25, 0.3) is 11.4 Å². The number of nitrogens with zero attached hydrogens (tertiary/aromatic N) is 6. The molecule has 0 saturated carbocycles. The summed E-state index contributed by atoms with van der Waals surface area (Å²) < 4.78 is 47.0. The molecule has 0 aromatic carbocycles. The summed E-state index contributed by atoms with van der Waals surface area (Å²) in [6.45, 7) is 0.965. The molecule has 8 nitrogen and oxygen atoms in total. The molecule has 0 saturated heterocycles. The van der Waals surface area contributed by atoms with Crippen molar-refractivity contribution in [3.8, 4) is 11.4 Å². The highest BCUT2D eigenvalue weighted by Gasteiger charge is 2.34. The van der Waals surface area contributed by atoms with Crippen LogP contribution in [0.4, 0.5) is 19.0 Å². The molecule has 0 bridgehead atoms. The number of pyridine rings is 1. The molecule has 0 aliphatic carbocycles. The van der Waals surface area contributed by atoms with Gasteiger partial charge in [-0.3, -0.25) is 4.98 Å². The maximum absolute atomic E-state index is 13.4. The number of fused-ring (bicyclic) bond motifs is 1. The first-order chi connectivity index (χ1) is 13.9. The third-order valence-corrected chi connectivity index (χ3v) is 4.45. The number of hydrogen-bond donors (Lipinski definition) is 1. The van der Waals surface area contributed by atoms with Gasteiger partial charge in [0.05, 0.1) is 6.04 Å². The van der Waals surface area contributed by atoms with Gasteiger partial charge in [0.25, 0.3) is 0 Å². The predicted octanol–water partition coefficient (Wildman–Crippen LogP) is 3.24. The van der Waals surface area contributed by atoms with Gasteiger partial charge in [-0.2, -0.15) is 18.3 Å². The molecular weight excluding hydrogens is 387 g/mol. The van der Waals surface area contributed by atoms with Gasteiger partial charge in [0.1, 0.15) is 18.2 Å². The number of rotatable bonds is 5. The molecule has 3 aromatic rings. The molecule has 29 heavy (non-hydrogen) atoms. The van der Waals surface area contributed by atoms with Crippen molar-refractivity contribution in [2.75, 3.05) is 12.4 Å². The Labute approximate surface area is 164 Å². The van der Waals surface area contributed by atoms with Crippen molar-refractivity contribution in [1.82, 2.24) is 29.7 Å². The van der Waals surface area contributed by atoms with E-state index in [0.717, 1.165) is 12.5 Å². The molecule has 0 amide bonds. The summed E-state index contributed by atoms with van der Waals surface area (Å²) in [6.07, 6.45) is -0.142. The molecule has 1 atom stereocenters. The Hall–Kier alpha value is -3.08. The van der Waals surface area contributed by atoms with E-state index in [-0.39, 0.29) is 24.3 Å². The number of alkyl halides is 3. The molecule has 1 unspecified atom stereocenters. The highest BCUT2D eigenvalue weighted by Crippen LogP contribution is 2.33. The Bertz CT molecular complexity index is 991. The Kier molecular flexibility index (Phi) is 5.14. The van der Waals surface area contributed by atoms with E-state index in [0.29, 0.717) is 30.2 Å². The molecule has 4 rings (SSSR count). The summed E-state index contributed by atoms with van der Waals surface area (Å²) in [7, 11) is 1.55. The predicted molar refractivity (Wildman–Crippen MR) is 96.6 cm³/mol. The number of aromatic nitrogens is 6. The van der Waals surface area contributed by atoms with Gasteiger partial charge in [-0.15, -0.1) is 0 Å². The number of aryl methyl sites for hydroxylation is 1. The summed E-state index contributed by atoms with van der Waals surface area (Å²) >= 11 is 0. The van der Waals surface area contributed by atoms with Crippen molar-refractivity contribution in [2.24, 2.45) is 0 Å². The Morgan fingerprint density at radius 1 is 1.28 bits per heavy atom.